The number of ether oxygens (including phenoxy) is 1. The molecule has 1 unspecified atom stereocenters. The maximum absolute atomic E-state index is 13.1. The molecule has 1 aromatic carbocycles. The zero-order valence-electron chi connectivity index (χ0n) is 17.7. The van der Waals surface area contributed by atoms with Crippen molar-refractivity contribution in [3.05, 3.63) is 24.3 Å². The third-order valence-corrected chi connectivity index (χ3v) is 5.48. The van der Waals surface area contributed by atoms with Gasteiger partial charge in [-0.15, -0.1) is 0 Å². The second kappa shape index (κ2) is 10.4. The highest BCUT2D eigenvalue weighted by atomic mass is 19.4. The number of fused-ring (bicyclic) bond motifs is 1. The second-order valence-electron chi connectivity index (χ2n) is 8.02. The first kappa shape index (κ1) is 23.5. The molecule has 1 saturated heterocycles. The van der Waals surface area contributed by atoms with Gasteiger partial charge < -0.3 is 19.9 Å². The summed E-state index contributed by atoms with van der Waals surface area (Å²) in [6.45, 7) is 4.58. The predicted molar refractivity (Wildman–Crippen MR) is 111 cm³/mol. The number of alkyl halides is 3. The summed E-state index contributed by atoms with van der Waals surface area (Å²) in [5, 5.41) is 2.86. The van der Waals surface area contributed by atoms with Gasteiger partial charge in [0.05, 0.1) is 17.9 Å². The minimum Gasteiger partial charge on any atom is -0.372 e. The molecule has 172 valence electrons. The first-order chi connectivity index (χ1) is 14.7. The van der Waals surface area contributed by atoms with Crippen LogP contribution in [-0.4, -0.2) is 86.3 Å². The van der Waals surface area contributed by atoms with Crippen molar-refractivity contribution in [2.45, 2.75) is 32.0 Å². The standard InChI is InChI=1S/C21H29F3N4O3/c1-16-13-19(29)25-17-5-2-3-6-18(17)28(16)20(30)14-27-10-8-26(9-11-27)7-4-12-31-15-21(22,23)24/h2-3,5-6,16H,4,7-15H2,1H3,(H,25,29). The predicted octanol–water partition coefficient (Wildman–Crippen LogP) is 2.34. The zero-order valence-corrected chi connectivity index (χ0v) is 17.7. The number of halogens is 3. The largest absolute Gasteiger partial charge is 0.411 e. The Labute approximate surface area is 180 Å². The molecule has 31 heavy (non-hydrogen) atoms. The third kappa shape index (κ3) is 6.91. The number of benzene rings is 1. The number of piperazine rings is 1. The van der Waals surface area contributed by atoms with E-state index in [-0.39, 0.29) is 37.4 Å². The molecule has 1 N–H and O–H groups in total. The molecular formula is C21H29F3N4O3. The molecular weight excluding hydrogens is 413 g/mol. The number of anilines is 2. The monoisotopic (exact) mass is 442 g/mol. The summed E-state index contributed by atoms with van der Waals surface area (Å²) in [4.78, 5) is 31.2. The maximum Gasteiger partial charge on any atom is 0.411 e. The van der Waals surface area contributed by atoms with E-state index in [0.717, 1.165) is 13.1 Å². The highest BCUT2D eigenvalue weighted by Crippen LogP contribution is 2.31. The lowest BCUT2D eigenvalue weighted by molar-refractivity contribution is -0.174. The number of hydrogen-bond donors (Lipinski definition) is 1. The summed E-state index contributed by atoms with van der Waals surface area (Å²) in [7, 11) is 0. The summed E-state index contributed by atoms with van der Waals surface area (Å²) < 4.78 is 40.9. The van der Waals surface area contributed by atoms with E-state index in [9.17, 15) is 22.8 Å². The number of nitrogens with one attached hydrogen (secondary N) is 1. The lowest BCUT2D eigenvalue weighted by Gasteiger charge is -2.36. The fourth-order valence-corrected chi connectivity index (χ4v) is 3.98. The van der Waals surface area contributed by atoms with Crippen LogP contribution in [0.3, 0.4) is 0 Å². The zero-order chi connectivity index (χ0) is 22.4. The van der Waals surface area contributed by atoms with Crippen molar-refractivity contribution < 1.29 is 27.5 Å². The first-order valence-corrected chi connectivity index (χ1v) is 10.5. The topological polar surface area (TPSA) is 65.1 Å². The van der Waals surface area contributed by atoms with Crippen LogP contribution in [-0.2, 0) is 14.3 Å². The molecule has 0 saturated carbocycles. The summed E-state index contributed by atoms with van der Waals surface area (Å²) in [5.74, 6) is -0.159. The van der Waals surface area contributed by atoms with Gasteiger partial charge in [-0.25, -0.2) is 0 Å². The van der Waals surface area contributed by atoms with Gasteiger partial charge >= 0.3 is 6.18 Å². The molecule has 1 fully saturated rings. The number of carbonyl (C=O) groups is 2. The lowest BCUT2D eigenvalue weighted by Crippen LogP contribution is -2.51. The van der Waals surface area contributed by atoms with Crippen LogP contribution in [0.15, 0.2) is 24.3 Å². The molecule has 10 heteroatoms. The van der Waals surface area contributed by atoms with E-state index in [0.29, 0.717) is 37.4 Å². The minimum atomic E-state index is -4.28. The highest BCUT2D eigenvalue weighted by Gasteiger charge is 2.31. The highest BCUT2D eigenvalue weighted by molar-refractivity contribution is 6.04. The van der Waals surface area contributed by atoms with E-state index < -0.39 is 12.8 Å². The molecule has 7 nitrogen and oxygen atoms in total. The van der Waals surface area contributed by atoms with E-state index in [1.807, 2.05) is 25.1 Å². The van der Waals surface area contributed by atoms with Crippen molar-refractivity contribution in [2.24, 2.45) is 0 Å². The number of nitrogens with zero attached hydrogens (tertiary/aromatic N) is 3. The van der Waals surface area contributed by atoms with E-state index in [2.05, 4.69) is 19.9 Å². The summed E-state index contributed by atoms with van der Waals surface area (Å²) in [6.07, 6.45) is -3.50. The first-order valence-electron chi connectivity index (χ1n) is 10.5. The Morgan fingerprint density at radius 3 is 2.55 bits per heavy atom. The Kier molecular flexibility index (Phi) is 7.90. The van der Waals surface area contributed by atoms with Gasteiger partial charge in [0.15, 0.2) is 0 Å². The molecule has 2 amide bonds. The van der Waals surface area contributed by atoms with Gasteiger partial charge in [-0.2, -0.15) is 13.2 Å². The number of amides is 2. The van der Waals surface area contributed by atoms with Gasteiger partial charge in [-0.05, 0) is 25.5 Å². The molecule has 0 bridgehead atoms. The molecule has 0 spiro atoms. The Bertz CT molecular complexity index is 766. The molecule has 3 rings (SSSR count). The van der Waals surface area contributed by atoms with E-state index in [4.69, 9.17) is 0 Å². The van der Waals surface area contributed by atoms with Crippen LogP contribution in [0.2, 0.25) is 0 Å². The molecule has 0 aromatic heterocycles. The molecule has 1 atom stereocenters. The van der Waals surface area contributed by atoms with Crippen LogP contribution in [0.25, 0.3) is 0 Å². The molecule has 0 radical (unpaired) electrons. The number of rotatable bonds is 7. The van der Waals surface area contributed by atoms with Gasteiger partial charge in [0, 0.05) is 51.8 Å². The van der Waals surface area contributed by atoms with Gasteiger partial charge in [-0.3, -0.25) is 14.5 Å². The number of para-hydroxylation sites is 2. The molecule has 1 aromatic rings. The van der Waals surface area contributed by atoms with Gasteiger partial charge in [0.2, 0.25) is 11.8 Å². The van der Waals surface area contributed by atoms with Crippen molar-refractivity contribution in [1.82, 2.24) is 9.80 Å². The van der Waals surface area contributed by atoms with Crippen molar-refractivity contribution >= 4 is 23.2 Å². The fourth-order valence-electron chi connectivity index (χ4n) is 3.98. The average Bonchev–Trinajstić information content (AvgIpc) is 2.82. The SMILES string of the molecule is CC1CC(=O)Nc2ccccc2N1C(=O)CN1CCN(CCCOCC(F)(F)F)CC1. The molecule has 2 heterocycles. The van der Waals surface area contributed by atoms with Crippen LogP contribution >= 0.6 is 0 Å². The number of carbonyl (C=O) groups excluding carboxylic acids is 2. The minimum absolute atomic E-state index is 0.0505. The van der Waals surface area contributed by atoms with Crippen LogP contribution in [0.5, 0.6) is 0 Å². The fraction of sp³-hybridized carbons (Fsp3) is 0.619. The van der Waals surface area contributed by atoms with E-state index in [1.54, 1.807) is 11.0 Å². The Morgan fingerprint density at radius 2 is 1.84 bits per heavy atom. The van der Waals surface area contributed by atoms with Gasteiger partial charge in [0.1, 0.15) is 6.61 Å². The van der Waals surface area contributed by atoms with Crippen LogP contribution in [0.1, 0.15) is 19.8 Å². The molecule has 2 aliphatic heterocycles. The van der Waals surface area contributed by atoms with Crippen molar-refractivity contribution in [3.8, 4) is 0 Å². The summed E-state index contributed by atoms with van der Waals surface area (Å²) in [6, 6.07) is 7.07. The van der Waals surface area contributed by atoms with E-state index >= 15 is 0 Å². The van der Waals surface area contributed by atoms with Crippen molar-refractivity contribution in [1.29, 1.82) is 0 Å². The van der Waals surface area contributed by atoms with Crippen molar-refractivity contribution in [3.63, 3.8) is 0 Å². The van der Waals surface area contributed by atoms with Gasteiger partial charge in [-0.1, -0.05) is 12.1 Å². The Balaban J connectivity index is 1.46. The van der Waals surface area contributed by atoms with E-state index in [1.165, 1.54) is 0 Å². The smallest absolute Gasteiger partial charge is 0.372 e. The van der Waals surface area contributed by atoms with Crippen LogP contribution in [0.4, 0.5) is 24.5 Å². The summed E-state index contributed by atoms with van der Waals surface area (Å²) in [5.41, 5.74) is 1.35. The molecule has 2 aliphatic rings. The van der Waals surface area contributed by atoms with Crippen molar-refractivity contribution in [2.75, 3.05) is 62.7 Å². The number of hydrogen-bond acceptors (Lipinski definition) is 5. The van der Waals surface area contributed by atoms with Gasteiger partial charge in [0.25, 0.3) is 0 Å². The Morgan fingerprint density at radius 1 is 1.16 bits per heavy atom. The van der Waals surface area contributed by atoms with Crippen LogP contribution < -0.4 is 10.2 Å². The Hall–Kier alpha value is -2.17. The average molecular weight is 442 g/mol. The second-order valence-corrected chi connectivity index (χ2v) is 8.02. The quantitative estimate of drug-likeness (QED) is 0.657. The van der Waals surface area contributed by atoms with Crippen LogP contribution in [0, 0.1) is 0 Å². The summed E-state index contributed by atoms with van der Waals surface area (Å²) >= 11 is 0. The maximum atomic E-state index is 13.1. The normalized spacial score (nSPS) is 20.8. The third-order valence-electron chi connectivity index (χ3n) is 5.48. The lowest BCUT2D eigenvalue weighted by atomic mass is 10.1. The molecule has 0 aliphatic carbocycles.